The third-order valence-electron chi connectivity index (χ3n) is 10.2. The molecule has 4 atom stereocenters. The Bertz CT molecular complexity index is 919. The topological polar surface area (TPSA) is 51.1 Å². The zero-order valence-electron chi connectivity index (χ0n) is 29.1. The summed E-state index contributed by atoms with van der Waals surface area (Å²) in [5.41, 5.74) is 1.61. The van der Waals surface area contributed by atoms with E-state index in [1.165, 1.54) is 89.0 Å². The van der Waals surface area contributed by atoms with Crippen LogP contribution in [0.1, 0.15) is 182 Å². The third-order valence-corrected chi connectivity index (χ3v) is 10.2. The summed E-state index contributed by atoms with van der Waals surface area (Å²) in [5, 5.41) is 6.74. The number of carbonyl (C=O) groups is 1. The lowest BCUT2D eigenvalue weighted by Gasteiger charge is -2.57. The Morgan fingerprint density at radius 2 is 1.35 bits per heavy atom. The highest BCUT2D eigenvalue weighted by Gasteiger charge is 2.53. The molecule has 0 spiro atoms. The van der Waals surface area contributed by atoms with Crippen LogP contribution in [0.2, 0.25) is 0 Å². The largest absolute Gasteiger partial charge is 0.335 e. The van der Waals surface area contributed by atoms with E-state index in [9.17, 15) is 4.79 Å². The van der Waals surface area contributed by atoms with Crippen LogP contribution in [0, 0.1) is 5.92 Å². The van der Waals surface area contributed by atoms with Crippen LogP contribution >= 0.6 is 0 Å². The first kappa shape index (κ1) is 37.5. The number of nitrogens with zero attached hydrogens (tertiary/aromatic N) is 2. The summed E-state index contributed by atoms with van der Waals surface area (Å²) in [5.74, 6) is -0.110. The van der Waals surface area contributed by atoms with Gasteiger partial charge in [-0.1, -0.05) is 153 Å². The number of benzene rings is 1. The van der Waals surface area contributed by atoms with Gasteiger partial charge < -0.3 is 4.84 Å². The lowest BCUT2D eigenvalue weighted by molar-refractivity contribution is -0.310. The average molecular weight is 599 g/mol. The zero-order valence-corrected chi connectivity index (χ0v) is 29.1. The molecule has 246 valence electrons. The smallest absolute Gasteiger partial charge is 0.318 e. The molecule has 0 bridgehead atoms. The minimum absolute atomic E-state index is 0.0589. The second-order valence-corrected chi connectivity index (χ2v) is 13.7. The van der Waals surface area contributed by atoms with Gasteiger partial charge in [-0.3, -0.25) is 4.84 Å². The Balaban J connectivity index is 1.72. The Kier molecular flexibility index (Phi) is 17.7. The third kappa shape index (κ3) is 12.3. The second-order valence-electron chi connectivity index (χ2n) is 13.7. The molecule has 0 aromatic heterocycles. The SMILES string of the molecule is CCCCCCCCCCCCCCCCCC(=O)O/N=C1/CC(C)(CC)N(OC(C)c2ccccc2)C(C)(CC)C1C. The zero-order chi connectivity index (χ0) is 31.6. The lowest BCUT2D eigenvalue weighted by atomic mass is 9.70. The average Bonchev–Trinajstić information content (AvgIpc) is 3.02. The van der Waals surface area contributed by atoms with Crippen molar-refractivity contribution in [3.63, 3.8) is 0 Å². The molecule has 1 heterocycles. The van der Waals surface area contributed by atoms with Crippen LogP contribution in [0.15, 0.2) is 35.5 Å². The van der Waals surface area contributed by atoms with Crippen LogP contribution in [0.25, 0.3) is 0 Å². The summed E-state index contributed by atoms with van der Waals surface area (Å²) in [6.07, 6.45) is 22.7. The van der Waals surface area contributed by atoms with Gasteiger partial charge in [-0.25, -0.2) is 4.79 Å². The van der Waals surface area contributed by atoms with Crippen molar-refractivity contribution >= 4 is 11.7 Å². The van der Waals surface area contributed by atoms with Crippen LogP contribution < -0.4 is 0 Å². The van der Waals surface area contributed by atoms with E-state index in [-0.39, 0.29) is 29.1 Å². The first-order valence-electron chi connectivity index (χ1n) is 18.0. The van der Waals surface area contributed by atoms with E-state index in [4.69, 9.17) is 9.68 Å². The second kappa shape index (κ2) is 20.3. The van der Waals surface area contributed by atoms with Crippen molar-refractivity contribution in [2.24, 2.45) is 11.1 Å². The molecule has 4 unspecified atom stereocenters. The van der Waals surface area contributed by atoms with Crippen LogP contribution in [0.5, 0.6) is 0 Å². The Morgan fingerprint density at radius 3 is 1.84 bits per heavy atom. The highest BCUT2D eigenvalue weighted by molar-refractivity contribution is 5.89. The Labute approximate surface area is 265 Å². The fourth-order valence-electron chi connectivity index (χ4n) is 6.58. The predicted octanol–water partition coefficient (Wildman–Crippen LogP) is 11.5. The van der Waals surface area contributed by atoms with Gasteiger partial charge >= 0.3 is 5.97 Å². The summed E-state index contributed by atoms with van der Waals surface area (Å²) in [6.45, 7) is 15.5. The van der Waals surface area contributed by atoms with E-state index >= 15 is 0 Å². The summed E-state index contributed by atoms with van der Waals surface area (Å²) in [4.78, 5) is 24.9. The maximum Gasteiger partial charge on any atom is 0.335 e. The molecule has 43 heavy (non-hydrogen) atoms. The first-order chi connectivity index (χ1) is 20.7. The molecule has 0 aliphatic carbocycles. The number of hydrogen-bond acceptors (Lipinski definition) is 5. The predicted molar refractivity (Wildman–Crippen MR) is 182 cm³/mol. The number of hydrogen-bond donors (Lipinski definition) is 0. The highest BCUT2D eigenvalue weighted by atomic mass is 16.7. The van der Waals surface area contributed by atoms with Crippen LogP contribution in [-0.4, -0.2) is 27.8 Å². The normalized spacial score (nSPS) is 24.3. The van der Waals surface area contributed by atoms with Gasteiger partial charge in [-0.05, 0) is 45.6 Å². The van der Waals surface area contributed by atoms with E-state index in [0.29, 0.717) is 12.8 Å². The van der Waals surface area contributed by atoms with Crippen molar-refractivity contribution in [2.75, 3.05) is 0 Å². The van der Waals surface area contributed by atoms with E-state index in [2.05, 4.69) is 83.0 Å². The molecule has 1 aromatic carbocycles. The van der Waals surface area contributed by atoms with E-state index in [1.54, 1.807) is 0 Å². The van der Waals surface area contributed by atoms with Gasteiger partial charge in [0.2, 0.25) is 0 Å². The number of piperidine rings is 1. The van der Waals surface area contributed by atoms with Gasteiger partial charge in [-0.15, -0.1) is 0 Å². The number of carbonyl (C=O) groups excluding carboxylic acids is 1. The van der Waals surface area contributed by atoms with E-state index in [1.807, 2.05) is 6.07 Å². The Hall–Kier alpha value is -1.72. The van der Waals surface area contributed by atoms with Gasteiger partial charge in [0.25, 0.3) is 0 Å². The van der Waals surface area contributed by atoms with Crippen molar-refractivity contribution in [2.45, 2.75) is 188 Å². The van der Waals surface area contributed by atoms with Gasteiger partial charge in [0.05, 0.1) is 11.3 Å². The molecule has 5 heteroatoms. The van der Waals surface area contributed by atoms with E-state index < -0.39 is 0 Å². The Morgan fingerprint density at radius 1 is 0.837 bits per heavy atom. The minimum Gasteiger partial charge on any atom is -0.318 e. The molecule has 5 nitrogen and oxygen atoms in total. The first-order valence-corrected chi connectivity index (χ1v) is 18.0. The van der Waals surface area contributed by atoms with Crippen molar-refractivity contribution in [3.05, 3.63) is 35.9 Å². The van der Waals surface area contributed by atoms with Crippen LogP contribution in [0.4, 0.5) is 0 Å². The molecular formula is C38H66N2O3. The van der Waals surface area contributed by atoms with E-state index in [0.717, 1.165) is 31.4 Å². The number of unbranched alkanes of at least 4 members (excludes halogenated alkanes) is 14. The summed E-state index contributed by atoms with van der Waals surface area (Å²) >= 11 is 0. The van der Waals surface area contributed by atoms with Crippen molar-refractivity contribution < 1.29 is 14.5 Å². The molecule has 2 rings (SSSR count). The fraction of sp³-hybridized carbons (Fsp3) is 0.789. The van der Waals surface area contributed by atoms with Crippen LogP contribution in [0.3, 0.4) is 0 Å². The molecule has 1 saturated heterocycles. The molecule has 0 amide bonds. The molecule has 0 radical (unpaired) electrons. The maximum absolute atomic E-state index is 12.6. The van der Waals surface area contributed by atoms with Crippen molar-refractivity contribution in [1.29, 1.82) is 0 Å². The van der Waals surface area contributed by atoms with Gasteiger partial charge in [0, 0.05) is 24.3 Å². The van der Waals surface area contributed by atoms with Gasteiger partial charge in [-0.2, -0.15) is 5.06 Å². The molecule has 1 aromatic rings. The fourth-order valence-corrected chi connectivity index (χ4v) is 6.58. The molecule has 0 N–H and O–H groups in total. The molecular weight excluding hydrogens is 532 g/mol. The maximum atomic E-state index is 12.6. The minimum atomic E-state index is -0.272. The summed E-state index contributed by atoms with van der Waals surface area (Å²) < 4.78 is 0. The number of rotatable bonds is 22. The quantitative estimate of drug-likeness (QED) is 0.0756. The standard InChI is InChI=1S/C38H66N2O3/c1-8-11-12-13-14-15-16-17-18-19-20-21-22-23-27-30-36(41)42-39-35-31-37(6,9-2)40(38(7,10-3)32(35)4)43-33(5)34-28-25-24-26-29-34/h24-26,28-29,32-33H,8-23,27,30-31H2,1-7H3/b39-35-. The monoisotopic (exact) mass is 599 g/mol. The molecule has 1 aliphatic heterocycles. The van der Waals surface area contributed by atoms with Crippen molar-refractivity contribution in [3.8, 4) is 0 Å². The van der Waals surface area contributed by atoms with Gasteiger partial charge in [0.1, 0.15) is 6.10 Å². The van der Waals surface area contributed by atoms with Crippen molar-refractivity contribution in [1.82, 2.24) is 5.06 Å². The number of hydroxylamine groups is 2. The summed E-state index contributed by atoms with van der Waals surface area (Å²) in [7, 11) is 0. The molecule has 0 saturated carbocycles. The van der Waals surface area contributed by atoms with Gasteiger partial charge in [0.15, 0.2) is 0 Å². The lowest BCUT2D eigenvalue weighted by Crippen LogP contribution is -2.66. The molecule has 1 aliphatic rings. The highest BCUT2D eigenvalue weighted by Crippen LogP contribution is 2.46. The number of oxime groups is 1. The summed E-state index contributed by atoms with van der Waals surface area (Å²) in [6, 6.07) is 10.4. The molecule has 1 fully saturated rings. The van der Waals surface area contributed by atoms with Crippen LogP contribution in [-0.2, 0) is 14.5 Å².